The van der Waals surface area contributed by atoms with Gasteiger partial charge in [0.2, 0.25) is 5.91 Å². The van der Waals surface area contributed by atoms with Gasteiger partial charge in [-0.1, -0.05) is 6.07 Å². The molecule has 0 N–H and O–H groups in total. The van der Waals surface area contributed by atoms with Crippen molar-refractivity contribution in [3.63, 3.8) is 0 Å². The number of amides is 1. The van der Waals surface area contributed by atoms with Gasteiger partial charge in [0.05, 0.1) is 6.04 Å². The second kappa shape index (κ2) is 6.74. The van der Waals surface area contributed by atoms with Crippen LogP contribution < -0.4 is 0 Å². The summed E-state index contributed by atoms with van der Waals surface area (Å²) in [7, 11) is 0. The van der Waals surface area contributed by atoms with Gasteiger partial charge in [0.1, 0.15) is 5.69 Å². The quantitative estimate of drug-likeness (QED) is 0.802. The molecule has 8 heteroatoms. The molecule has 4 aliphatic heterocycles. The lowest BCUT2D eigenvalue weighted by molar-refractivity contribution is -0.146. The number of likely N-dealkylation sites (tertiary alicyclic amines) is 1. The number of carbonyl (C=O) groups excluding carboxylic acids is 1. The van der Waals surface area contributed by atoms with Crippen molar-refractivity contribution in [2.45, 2.75) is 63.6 Å². The number of alkyl halides is 3. The van der Waals surface area contributed by atoms with Crippen LogP contribution in [0.4, 0.5) is 13.2 Å². The number of piperidine rings is 1. The molecule has 4 fully saturated rings. The normalized spacial score (nSPS) is 29.5. The third-order valence-corrected chi connectivity index (χ3v) is 6.04. The third-order valence-electron chi connectivity index (χ3n) is 6.04. The highest BCUT2D eigenvalue weighted by Crippen LogP contribution is 2.38. The zero-order valence-corrected chi connectivity index (χ0v) is 15.6. The van der Waals surface area contributed by atoms with Gasteiger partial charge in [-0.15, -0.1) is 0 Å². The number of halogens is 3. The summed E-state index contributed by atoms with van der Waals surface area (Å²) in [5.41, 5.74) is -0.0628. The van der Waals surface area contributed by atoms with Crippen LogP contribution in [0.2, 0.25) is 0 Å². The molecule has 0 radical (unpaired) electrons. The summed E-state index contributed by atoms with van der Waals surface area (Å²) in [5.74, 6) is 0.250. The highest BCUT2D eigenvalue weighted by Gasteiger charge is 2.51. The van der Waals surface area contributed by atoms with Crippen LogP contribution in [0.15, 0.2) is 18.3 Å². The maximum atomic E-state index is 12.7. The van der Waals surface area contributed by atoms with Crippen molar-refractivity contribution < 1.29 is 18.0 Å². The zero-order chi connectivity index (χ0) is 19.3. The Hall–Kier alpha value is -1.67. The largest absolute Gasteiger partial charge is 0.433 e. The molecule has 5 nitrogen and oxygen atoms in total. The van der Waals surface area contributed by atoms with Crippen molar-refractivity contribution in [2.75, 3.05) is 19.6 Å². The van der Waals surface area contributed by atoms with E-state index in [-0.39, 0.29) is 18.0 Å². The molecule has 0 aliphatic carbocycles. The Balaban J connectivity index is 1.35. The van der Waals surface area contributed by atoms with E-state index in [1.807, 2.05) is 4.90 Å². The van der Waals surface area contributed by atoms with Gasteiger partial charge in [0.15, 0.2) is 0 Å². The smallest absolute Gasteiger partial charge is 0.339 e. The first kappa shape index (κ1) is 18.7. The molecule has 5 heterocycles. The lowest BCUT2D eigenvalue weighted by Crippen LogP contribution is -2.71. The zero-order valence-electron chi connectivity index (χ0n) is 15.6. The van der Waals surface area contributed by atoms with Gasteiger partial charge < -0.3 is 4.90 Å². The van der Waals surface area contributed by atoms with Gasteiger partial charge in [-0.05, 0) is 38.3 Å². The van der Waals surface area contributed by atoms with Gasteiger partial charge in [-0.3, -0.25) is 19.6 Å². The van der Waals surface area contributed by atoms with E-state index >= 15 is 0 Å². The molecule has 1 amide bonds. The van der Waals surface area contributed by atoms with E-state index in [1.54, 1.807) is 0 Å². The molecule has 5 rings (SSSR count). The average Bonchev–Trinajstić information content (AvgIpc) is 2.96. The molecule has 0 spiro atoms. The molecule has 1 aromatic heterocycles. The molecule has 27 heavy (non-hydrogen) atoms. The Morgan fingerprint density at radius 3 is 2.44 bits per heavy atom. The van der Waals surface area contributed by atoms with Crippen LogP contribution in [-0.4, -0.2) is 69.4 Å². The molecule has 3 atom stereocenters. The van der Waals surface area contributed by atoms with E-state index in [9.17, 15) is 18.0 Å². The molecular formula is C19H25F3N4O. The first-order valence-electron chi connectivity index (χ1n) is 9.56. The summed E-state index contributed by atoms with van der Waals surface area (Å²) in [5, 5.41) is 0. The second-order valence-electron chi connectivity index (χ2n) is 8.16. The molecular weight excluding hydrogens is 357 g/mol. The number of hydrogen-bond acceptors (Lipinski definition) is 4. The summed E-state index contributed by atoms with van der Waals surface area (Å²) in [6.07, 6.45) is -1.08. The minimum Gasteiger partial charge on any atom is -0.339 e. The van der Waals surface area contributed by atoms with Crippen LogP contribution in [0.1, 0.15) is 37.9 Å². The van der Waals surface area contributed by atoms with Crippen molar-refractivity contribution in [1.82, 2.24) is 19.7 Å². The molecule has 2 bridgehead atoms. The van der Waals surface area contributed by atoms with Crippen molar-refractivity contribution in [3.05, 3.63) is 29.6 Å². The number of pyridine rings is 1. The summed E-state index contributed by atoms with van der Waals surface area (Å²) in [6, 6.07) is 3.54. The number of piperazine rings is 1. The van der Waals surface area contributed by atoms with E-state index in [0.29, 0.717) is 18.6 Å². The standard InChI is InChI=1S/C19H25F3N4O/c1-12(2)25-6-5-16(18(25)27)26-14-7-15(26)11-24(10-14)9-13-3-4-17(23-8-13)19(20,21)22/h3-4,8,12,14-16H,5-7,9-11H2,1-2H3. The molecule has 1 aromatic rings. The van der Waals surface area contributed by atoms with Gasteiger partial charge in [-0.25, -0.2) is 0 Å². The Morgan fingerprint density at radius 2 is 1.93 bits per heavy atom. The molecule has 0 aromatic carbocycles. The molecule has 4 aliphatic rings. The number of carbonyl (C=O) groups is 1. The molecule has 148 valence electrons. The van der Waals surface area contributed by atoms with Gasteiger partial charge in [0.25, 0.3) is 0 Å². The Labute approximate surface area is 157 Å². The monoisotopic (exact) mass is 382 g/mol. The third kappa shape index (κ3) is 3.45. The van der Waals surface area contributed by atoms with Crippen LogP contribution in [0.3, 0.4) is 0 Å². The minimum atomic E-state index is -4.40. The molecule has 3 unspecified atom stereocenters. The van der Waals surface area contributed by atoms with Crippen LogP contribution in [-0.2, 0) is 17.5 Å². The van der Waals surface area contributed by atoms with Crippen LogP contribution in [0, 0.1) is 0 Å². The second-order valence-corrected chi connectivity index (χ2v) is 8.16. The van der Waals surface area contributed by atoms with Crippen molar-refractivity contribution >= 4 is 5.91 Å². The first-order valence-corrected chi connectivity index (χ1v) is 9.56. The Bertz CT molecular complexity index is 694. The van der Waals surface area contributed by atoms with Crippen molar-refractivity contribution in [3.8, 4) is 0 Å². The van der Waals surface area contributed by atoms with E-state index in [2.05, 4.69) is 28.6 Å². The predicted octanol–water partition coefficient (Wildman–Crippen LogP) is 2.37. The van der Waals surface area contributed by atoms with Gasteiger partial charge in [0, 0.05) is 50.5 Å². The number of rotatable bonds is 4. The van der Waals surface area contributed by atoms with Crippen LogP contribution in [0.5, 0.6) is 0 Å². The fraction of sp³-hybridized carbons (Fsp3) is 0.684. The summed E-state index contributed by atoms with van der Waals surface area (Å²) in [6.45, 7) is 7.24. The molecule has 4 saturated heterocycles. The number of aromatic nitrogens is 1. The topological polar surface area (TPSA) is 39.7 Å². The van der Waals surface area contributed by atoms with Crippen LogP contribution in [0.25, 0.3) is 0 Å². The van der Waals surface area contributed by atoms with Crippen LogP contribution >= 0.6 is 0 Å². The van der Waals surface area contributed by atoms with Crippen molar-refractivity contribution in [1.29, 1.82) is 0 Å². The van der Waals surface area contributed by atoms with E-state index < -0.39 is 11.9 Å². The lowest BCUT2D eigenvalue weighted by atomic mass is 9.84. The maximum absolute atomic E-state index is 12.7. The fourth-order valence-corrected chi connectivity index (χ4v) is 4.78. The highest BCUT2D eigenvalue weighted by molar-refractivity contribution is 5.84. The lowest BCUT2D eigenvalue weighted by Gasteiger charge is -2.58. The maximum Gasteiger partial charge on any atom is 0.433 e. The van der Waals surface area contributed by atoms with Gasteiger partial charge in [-0.2, -0.15) is 13.2 Å². The summed E-state index contributed by atoms with van der Waals surface area (Å²) < 4.78 is 37.9. The number of nitrogens with zero attached hydrogens (tertiary/aromatic N) is 4. The SMILES string of the molecule is CC(C)N1CCC(N2C3CC2CN(Cc2ccc(C(F)(F)F)nc2)C3)C1=O. The first-order chi connectivity index (χ1) is 12.7. The average molecular weight is 382 g/mol. The summed E-state index contributed by atoms with van der Waals surface area (Å²) in [4.78, 5) is 22.8. The van der Waals surface area contributed by atoms with E-state index in [4.69, 9.17) is 0 Å². The number of fused-ring (bicyclic) bond motifs is 2. The van der Waals surface area contributed by atoms with Crippen molar-refractivity contribution in [2.24, 2.45) is 0 Å². The molecule has 0 saturated carbocycles. The number of hydrogen-bond donors (Lipinski definition) is 0. The van der Waals surface area contributed by atoms with Gasteiger partial charge >= 0.3 is 6.18 Å². The highest BCUT2D eigenvalue weighted by atomic mass is 19.4. The Morgan fingerprint density at radius 1 is 1.22 bits per heavy atom. The minimum absolute atomic E-state index is 0.00559. The summed E-state index contributed by atoms with van der Waals surface area (Å²) >= 11 is 0. The van der Waals surface area contributed by atoms with E-state index in [0.717, 1.165) is 44.1 Å². The Kier molecular flexibility index (Phi) is 4.66. The van der Waals surface area contributed by atoms with E-state index in [1.165, 1.54) is 12.3 Å². The predicted molar refractivity (Wildman–Crippen MR) is 93.8 cm³/mol. The fourth-order valence-electron chi connectivity index (χ4n) is 4.78.